The molecule has 21 heavy (non-hydrogen) atoms. The lowest BCUT2D eigenvalue weighted by Gasteiger charge is -2.18. The van der Waals surface area contributed by atoms with Gasteiger partial charge in [0.2, 0.25) is 0 Å². The lowest BCUT2D eigenvalue weighted by molar-refractivity contribution is -0.141. The molecule has 0 aliphatic rings. The van der Waals surface area contributed by atoms with Crippen molar-refractivity contribution in [3.8, 4) is 0 Å². The molecule has 6 nitrogen and oxygen atoms in total. The molecule has 1 aromatic heterocycles. The van der Waals surface area contributed by atoms with Crippen LogP contribution in [-0.4, -0.2) is 45.3 Å². The van der Waals surface area contributed by atoms with Crippen molar-refractivity contribution in [2.75, 3.05) is 13.6 Å². The monoisotopic (exact) mass is 295 g/mol. The molecule has 1 aromatic rings. The molecule has 0 aromatic carbocycles. The van der Waals surface area contributed by atoms with Crippen molar-refractivity contribution in [3.63, 3.8) is 0 Å². The Morgan fingerprint density at radius 2 is 1.95 bits per heavy atom. The zero-order chi connectivity index (χ0) is 16.2. The number of aromatic nitrogens is 2. The summed E-state index contributed by atoms with van der Waals surface area (Å²) in [4.78, 5) is 24.6. The molecule has 1 heterocycles. The zero-order valence-corrected chi connectivity index (χ0v) is 13.5. The molecule has 118 valence electrons. The second-order valence-corrected chi connectivity index (χ2v) is 5.51. The van der Waals surface area contributed by atoms with Crippen LogP contribution in [0.2, 0.25) is 0 Å². The quantitative estimate of drug-likeness (QED) is 0.837. The molecule has 1 amide bonds. The number of aliphatic carboxylic acids is 1. The minimum absolute atomic E-state index is 0.172. The largest absolute Gasteiger partial charge is 0.481 e. The fourth-order valence-electron chi connectivity index (χ4n) is 2.36. The molecule has 0 spiro atoms. The highest BCUT2D eigenvalue weighted by Crippen LogP contribution is 2.18. The summed E-state index contributed by atoms with van der Waals surface area (Å²) in [6, 6.07) is 2.05. The molecule has 0 saturated carbocycles. The van der Waals surface area contributed by atoms with Crippen LogP contribution >= 0.6 is 0 Å². The Morgan fingerprint density at radius 1 is 1.38 bits per heavy atom. The van der Waals surface area contributed by atoms with Crippen LogP contribution < -0.4 is 0 Å². The second-order valence-electron chi connectivity index (χ2n) is 5.51. The molecule has 0 aliphatic carbocycles. The molecule has 6 heteroatoms. The summed E-state index contributed by atoms with van der Waals surface area (Å²) >= 11 is 0. The molecular formula is C15H25N3O3. The lowest BCUT2D eigenvalue weighted by atomic mass is 10.1. The van der Waals surface area contributed by atoms with Crippen molar-refractivity contribution in [1.82, 2.24) is 14.7 Å². The van der Waals surface area contributed by atoms with Gasteiger partial charge in [-0.15, -0.1) is 0 Å². The van der Waals surface area contributed by atoms with Gasteiger partial charge in [-0.3, -0.25) is 14.3 Å². The van der Waals surface area contributed by atoms with E-state index in [0.29, 0.717) is 5.69 Å². The second kappa shape index (κ2) is 7.24. The number of amides is 1. The van der Waals surface area contributed by atoms with Gasteiger partial charge in [0.25, 0.3) is 5.91 Å². The first kappa shape index (κ1) is 17.2. The highest BCUT2D eigenvalue weighted by Gasteiger charge is 2.22. The number of hydrogen-bond acceptors (Lipinski definition) is 3. The number of aryl methyl sites for hydroxylation is 1. The molecule has 1 N–H and O–H groups in total. The van der Waals surface area contributed by atoms with Gasteiger partial charge in [0.15, 0.2) is 5.69 Å². The van der Waals surface area contributed by atoms with Crippen molar-refractivity contribution in [2.45, 2.75) is 46.6 Å². The number of carbonyl (C=O) groups excluding carboxylic acids is 1. The Balaban J connectivity index is 2.88. The molecule has 0 saturated heterocycles. The maximum atomic E-state index is 12.3. The molecule has 0 radical (unpaired) electrons. The number of carboxylic acid groups (broad SMARTS) is 1. The third-order valence-corrected chi connectivity index (χ3v) is 3.75. The highest BCUT2D eigenvalue weighted by atomic mass is 16.4. The minimum atomic E-state index is -0.909. The van der Waals surface area contributed by atoms with Gasteiger partial charge < -0.3 is 10.0 Å². The van der Waals surface area contributed by atoms with Crippen molar-refractivity contribution in [1.29, 1.82) is 0 Å². The number of nitrogens with zero attached hydrogens (tertiary/aromatic N) is 3. The van der Waals surface area contributed by atoms with Crippen LogP contribution in [0.15, 0.2) is 6.07 Å². The topological polar surface area (TPSA) is 75.4 Å². The Bertz CT molecular complexity index is 506. The van der Waals surface area contributed by atoms with E-state index in [2.05, 4.69) is 18.9 Å². The van der Waals surface area contributed by atoms with Gasteiger partial charge in [0, 0.05) is 19.3 Å². The van der Waals surface area contributed by atoms with E-state index in [1.165, 1.54) is 4.90 Å². The summed E-state index contributed by atoms with van der Waals surface area (Å²) in [5.74, 6) is -1.74. The van der Waals surface area contributed by atoms with Crippen molar-refractivity contribution in [2.24, 2.45) is 5.92 Å². The SMILES string of the molecule is CCC(CC)n1nc(C(=O)N(C)CC(C)C(=O)O)cc1C. The first-order valence-corrected chi connectivity index (χ1v) is 7.36. The third kappa shape index (κ3) is 4.06. The molecule has 1 unspecified atom stereocenters. The van der Waals surface area contributed by atoms with Crippen LogP contribution in [0.1, 0.15) is 55.8 Å². The standard InChI is InChI=1S/C15H25N3O3/c1-6-12(7-2)18-11(4)8-13(16-18)14(19)17(5)9-10(3)15(20)21/h8,10,12H,6-7,9H2,1-5H3,(H,20,21). The van der Waals surface area contributed by atoms with Crippen molar-refractivity contribution >= 4 is 11.9 Å². The van der Waals surface area contributed by atoms with Crippen molar-refractivity contribution in [3.05, 3.63) is 17.5 Å². The number of hydrogen-bond donors (Lipinski definition) is 1. The van der Waals surface area contributed by atoms with Gasteiger partial charge in [0.1, 0.15) is 0 Å². The minimum Gasteiger partial charge on any atom is -0.481 e. The average Bonchev–Trinajstić information content (AvgIpc) is 2.81. The lowest BCUT2D eigenvalue weighted by Crippen LogP contribution is -2.34. The fourth-order valence-corrected chi connectivity index (χ4v) is 2.36. The predicted octanol–water partition coefficient (Wildman–Crippen LogP) is 2.35. The summed E-state index contributed by atoms with van der Waals surface area (Å²) in [6.45, 7) is 7.88. The van der Waals surface area contributed by atoms with Crippen LogP contribution in [0.25, 0.3) is 0 Å². The van der Waals surface area contributed by atoms with E-state index >= 15 is 0 Å². The highest BCUT2D eigenvalue weighted by molar-refractivity contribution is 5.92. The van der Waals surface area contributed by atoms with E-state index in [1.807, 2.05) is 11.6 Å². The maximum absolute atomic E-state index is 12.3. The van der Waals surface area contributed by atoms with Crippen molar-refractivity contribution < 1.29 is 14.7 Å². The van der Waals surface area contributed by atoms with E-state index in [1.54, 1.807) is 20.0 Å². The van der Waals surface area contributed by atoms with Gasteiger partial charge in [-0.1, -0.05) is 20.8 Å². The molecule has 0 aliphatic heterocycles. The van der Waals surface area contributed by atoms with Gasteiger partial charge >= 0.3 is 5.97 Å². The Morgan fingerprint density at radius 3 is 2.43 bits per heavy atom. The van der Waals surface area contributed by atoms with E-state index in [4.69, 9.17) is 5.11 Å². The molecule has 1 rings (SSSR count). The number of carboxylic acids is 1. The normalized spacial score (nSPS) is 12.5. The number of carbonyl (C=O) groups is 2. The summed E-state index contributed by atoms with van der Waals surface area (Å²) in [5, 5.41) is 13.3. The zero-order valence-electron chi connectivity index (χ0n) is 13.5. The van der Waals surface area contributed by atoms with Crippen LogP contribution in [-0.2, 0) is 4.79 Å². The van der Waals surface area contributed by atoms with E-state index in [-0.39, 0.29) is 18.5 Å². The molecule has 1 atom stereocenters. The Labute approximate surface area is 125 Å². The molecule has 0 fully saturated rings. The van der Waals surface area contributed by atoms with Gasteiger partial charge in [-0.25, -0.2) is 0 Å². The van der Waals surface area contributed by atoms with Crippen LogP contribution in [0, 0.1) is 12.8 Å². The van der Waals surface area contributed by atoms with Gasteiger partial charge in [0.05, 0.1) is 12.0 Å². The van der Waals surface area contributed by atoms with Crippen LogP contribution in [0.4, 0.5) is 0 Å². The van der Waals surface area contributed by atoms with Gasteiger partial charge in [-0.05, 0) is 25.8 Å². The summed E-state index contributed by atoms with van der Waals surface area (Å²) in [5.41, 5.74) is 1.33. The first-order chi connectivity index (χ1) is 9.81. The summed E-state index contributed by atoms with van der Waals surface area (Å²) in [7, 11) is 1.60. The van der Waals surface area contributed by atoms with Crippen LogP contribution in [0.3, 0.4) is 0 Å². The Hall–Kier alpha value is -1.85. The van der Waals surface area contributed by atoms with E-state index < -0.39 is 11.9 Å². The van der Waals surface area contributed by atoms with E-state index in [9.17, 15) is 9.59 Å². The van der Waals surface area contributed by atoms with E-state index in [0.717, 1.165) is 18.5 Å². The smallest absolute Gasteiger partial charge is 0.308 e. The van der Waals surface area contributed by atoms with Gasteiger partial charge in [-0.2, -0.15) is 5.10 Å². The predicted molar refractivity (Wildman–Crippen MR) is 80.3 cm³/mol. The molecule has 0 bridgehead atoms. The summed E-state index contributed by atoms with van der Waals surface area (Å²) < 4.78 is 1.89. The average molecular weight is 295 g/mol. The summed E-state index contributed by atoms with van der Waals surface area (Å²) in [6.07, 6.45) is 1.91. The van der Waals surface area contributed by atoms with Crippen LogP contribution in [0.5, 0.6) is 0 Å². The third-order valence-electron chi connectivity index (χ3n) is 3.75. The molecular weight excluding hydrogens is 270 g/mol. The Kier molecular flexibility index (Phi) is 5.93. The first-order valence-electron chi connectivity index (χ1n) is 7.36. The fraction of sp³-hybridized carbons (Fsp3) is 0.667. The number of rotatable bonds is 7. The maximum Gasteiger partial charge on any atom is 0.308 e.